The van der Waals surface area contributed by atoms with Crippen molar-refractivity contribution in [2.45, 2.75) is 6.42 Å². The first-order valence-corrected chi connectivity index (χ1v) is 7.19. The maximum absolute atomic E-state index is 5.43. The number of nitrogens with one attached hydrogen (secondary N) is 1. The largest absolute Gasteiger partial charge is 0.382 e. The minimum absolute atomic E-state index is 0.637. The summed E-state index contributed by atoms with van der Waals surface area (Å²) in [4.78, 5) is 1.43. The molecule has 0 aliphatic heterocycles. The fourth-order valence-corrected chi connectivity index (χ4v) is 2.11. The van der Waals surface area contributed by atoms with Gasteiger partial charge in [-0.2, -0.15) is 0 Å². The highest BCUT2D eigenvalue weighted by Gasteiger charge is 1.93. The van der Waals surface area contributed by atoms with Gasteiger partial charge in [0.25, 0.3) is 0 Å². The molecular formula is C13H23NO3S. The number of hydrogen-bond donors (Lipinski definition) is 1. The van der Waals surface area contributed by atoms with E-state index in [4.69, 9.17) is 14.2 Å². The van der Waals surface area contributed by atoms with Crippen LogP contribution in [0.2, 0.25) is 0 Å². The Labute approximate surface area is 113 Å². The van der Waals surface area contributed by atoms with E-state index in [0.717, 1.165) is 26.1 Å². The fraction of sp³-hybridized carbons (Fsp3) is 0.692. The van der Waals surface area contributed by atoms with E-state index in [-0.39, 0.29) is 0 Å². The SMILES string of the molecule is COCCOCCOCCNCCc1cccs1. The molecule has 0 aliphatic rings. The van der Waals surface area contributed by atoms with Crippen LogP contribution < -0.4 is 5.32 Å². The van der Waals surface area contributed by atoms with Crippen LogP contribution in [-0.2, 0) is 20.6 Å². The molecule has 1 aromatic heterocycles. The average molecular weight is 273 g/mol. The fourth-order valence-electron chi connectivity index (χ4n) is 1.40. The van der Waals surface area contributed by atoms with Crippen LogP contribution in [0.4, 0.5) is 0 Å². The number of ether oxygens (including phenoxy) is 3. The third kappa shape index (κ3) is 8.60. The van der Waals surface area contributed by atoms with Gasteiger partial charge in [0.05, 0.1) is 33.0 Å². The second kappa shape index (κ2) is 11.6. The summed E-state index contributed by atoms with van der Waals surface area (Å²) >= 11 is 1.81. The second-order valence-corrected chi connectivity index (χ2v) is 4.83. The second-order valence-electron chi connectivity index (χ2n) is 3.80. The Kier molecular flexibility index (Phi) is 10.1. The topological polar surface area (TPSA) is 39.7 Å². The Morgan fingerprint density at radius 3 is 2.56 bits per heavy atom. The summed E-state index contributed by atoms with van der Waals surface area (Å²) in [6.45, 7) is 5.20. The van der Waals surface area contributed by atoms with Gasteiger partial charge in [-0.1, -0.05) is 6.07 Å². The van der Waals surface area contributed by atoms with E-state index < -0.39 is 0 Å². The molecule has 4 nitrogen and oxygen atoms in total. The van der Waals surface area contributed by atoms with Crippen molar-refractivity contribution in [3.63, 3.8) is 0 Å². The molecule has 0 aromatic carbocycles. The van der Waals surface area contributed by atoms with Gasteiger partial charge in [-0.15, -0.1) is 11.3 Å². The molecule has 0 atom stereocenters. The van der Waals surface area contributed by atoms with E-state index in [1.807, 2.05) is 0 Å². The lowest BCUT2D eigenvalue weighted by Crippen LogP contribution is -2.22. The summed E-state index contributed by atoms with van der Waals surface area (Å²) in [5.74, 6) is 0. The van der Waals surface area contributed by atoms with Gasteiger partial charge in [0.1, 0.15) is 0 Å². The highest BCUT2D eigenvalue weighted by molar-refractivity contribution is 7.09. The predicted octanol–water partition coefficient (Wildman–Crippen LogP) is 1.56. The highest BCUT2D eigenvalue weighted by atomic mass is 32.1. The van der Waals surface area contributed by atoms with E-state index in [0.29, 0.717) is 26.4 Å². The smallest absolute Gasteiger partial charge is 0.0701 e. The molecule has 1 aromatic rings. The molecule has 104 valence electrons. The first kappa shape index (κ1) is 15.6. The maximum atomic E-state index is 5.43. The van der Waals surface area contributed by atoms with Crippen molar-refractivity contribution >= 4 is 11.3 Å². The highest BCUT2D eigenvalue weighted by Crippen LogP contribution is 2.07. The van der Waals surface area contributed by atoms with Crippen LogP contribution in [0.3, 0.4) is 0 Å². The molecule has 0 bridgehead atoms. The minimum Gasteiger partial charge on any atom is -0.382 e. The van der Waals surface area contributed by atoms with Crippen molar-refractivity contribution in [3.8, 4) is 0 Å². The summed E-state index contributed by atoms with van der Waals surface area (Å²) in [6, 6.07) is 4.26. The van der Waals surface area contributed by atoms with Gasteiger partial charge in [-0.3, -0.25) is 0 Å². The van der Waals surface area contributed by atoms with Gasteiger partial charge in [0.15, 0.2) is 0 Å². The Bertz CT molecular complexity index is 267. The molecule has 1 N–H and O–H groups in total. The third-order valence-corrected chi connectivity index (χ3v) is 3.29. The van der Waals surface area contributed by atoms with Crippen LogP contribution in [-0.4, -0.2) is 53.2 Å². The predicted molar refractivity (Wildman–Crippen MR) is 74.4 cm³/mol. The van der Waals surface area contributed by atoms with E-state index in [1.165, 1.54) is 4.88 Å². The van der Waals surface area contributed by atoms with Crippen molar-refractivity contribution in [2.24, 2.45) is 0 Å². The lowest BCUT2D eigenvalue weighted by atomic mass is 10.3. The lowest BCUT2D eigenvalue weighted by molar-refractivity contribution is 0.0256. The molecular weight excluding hydrogens is 250 g/mol. The van der Waals surface area contributed by atoms with Crippen LogP contribution in [0.25, 0.3) is 0 Å². The average Bonchev–Trinajstić information content (AvgIpc) is 2.89. The van der Waals surface area contributed by atoms with Crippen molar-refractivity contribution < 1.29 is 14.2 Å². The summed E-state index contributed by atoms with van der Waals surface area (Å²) in [5.41, 5.74) is 0. The zero-order valence-electron chi connectivity index (χ0n) is 11.0. The monoisotopic (exact) mass is 273 g/mol. The van der Waals surface area contributed by atoms with Gasteiger partial charge in [0.2, 0.25) is 0 Å². The maximum Gasteiger partial charge on any atom is 0.0701 e. The number of hydrogen-bond acceptors (Lipinski definition) is 5. The van der Waals surface area contributed by atoms with Crippen molar-refractivity contribution in [3.05, 3.63) is 22.4 Å². The molecule has 0 radical (unpaired) electrons. The van der Waals surface area contributed by atoms with Crippen molar-refractivity contribution in [1.29, 1.82) is 0 Å². The molecule has 1 heterocycles. The van der Waals surface area contributed by atoms with Crippen molar-refractivity contribution in [2.75, 3.05) is 53.2 Å². The normalized spacial score (nSPS) is 10.9. The van der Waals surface area contributed by atoms with Crippen LogP contribution in [0, 0.1) is 0 Å². The standard InChI is InChI=1S/C13H23NO3S/c1-15-8-9-17-11-10-16-7-6-14-5-4-13-3-2-12-18-13/h2-3,12,14H,4-11H2,1H3. The van der Waals surface area contributed by atoms with Crippen LogP contribution in [0.1, 0.15) is 4.88 Å². The summed E-state index contributed by atoms with van der Waals surface area (Å²) < 4.78 is 15.6. The molecule has 0 saturated heterocycles. The van der Waals surface area contributed by atoms with Gasteiger partial charge in [0, 0.05) is 25.1 Å². The van der Waals surface area contributed by atoms with Crippen LogP contribution in [0.5, 0.6) is 0 Å². The van der Waals surface area contributed by atoms with Crippen LogP contribution >= 0.6 is 11.3 Å². The lowest BCUT2D eigenvalue weighted by Gasteiger charge is -2.06. The van der Waals surface area contributed by atoms with E-state index in [9.17, 15) is 0 Å². The zero-order chi connectivity index (χ0) is 12.9. The molecule has 0 saturated carbocycles. The molecule has 18 heavy (non-hydrogen) atoms. The summed E-state index contributed by atoms with van der Waals surface area (Å²) in [7, 11) is 1.67. The Morgan fingerprint density at radius 1 is 1.06 bits per heavy atom. The van der Waals surface area contributed by atoms with E-state index >= 15 is 0 Å². The first-order chi connectivity index (χ1) is 8.93. The van der Waals surface area contributed by atoms with Crippen molar-refractivity contribution in [1.82, 2.24) is 5.32 Å². The Balaban J connectivity index is 1.73. The molecule has 0 spiro atoms. The summed E-state index contributed by atoms with van der Waals surface area (Å²) in [5, 5.41) is 5.47. The van der Waals surface area contributed by atoms with E-state index in [1.54, 1.807) is 18.4 Å². The molecule has 0 aliphatic carbocycles. The Morgan fingerprint density at radius 2 is 1.83 bits per heavy atom. The first-order valence-electron chi connectivity index (χ1n) is 6.31. The number of thiophene rings is 1. The van der Waals surface area contributed by atoms with Gasteiger partial charge >= 0.3 is 0 Å². The zero-order valence-corrected chi connectivity index (χ0v) is 11.8. The molecule has 0 amide bonds. The number of rotatable bonds is 12. The Hall–Kier alpha value is -0.460. The molecule has 1 rings (SSSR count). The molecule has 0 unspecified atom stereocenters. The number of methoxy groups -OCH3 is 1. The molecule has 0 fully saturated rings. The minimum atomic E-state index is 0.637. The van der Waals surface area contributed by atoms with Gasteiger partial charge in [-0.05, 0) is 17.9 Å². The molecule has 5 heteroatoms. The quantitative estimate of drug-likeness (QED) is 0.587. The van der Waals surface area contributed by atoms with Crippen LogP contribution in [0.15, 0.2) is 17.5 Å². The van der Waals surface area contributed by atoms with Gasteiger partial charge < -0.3 is 19.5 Å². The summed E-state index contributed by atoms with van der Waals surface area (Å²) in [6.07, 6.45) is 1.10. The third-order valence-electron chi connectivity index (χ3n) is 2.36. The van der Waals surface area contributed by atoms with E-state index in [2.05, 4.69) is 22.8 Å². The van der Waals surface area contributed by atoms with Gasteiger partial charge in [-0.25, -0.2) is 0 Å².